The van der Waals surface area contributed by atoms with E-state index in [1.54, 1.807) is 15.7 Å². The third-order valence-electron chi connectivity index (χ3n) is 6.04. The lowest BCUT2D eigenvalue weighted by Crippen LogP contribution is -2.48. The van der Waals surface area contributed by atoms with Crippen LogP contribution in [-0.2, 0) is 4.79 Å². The van der Waals surface area contributed by atoms with Crippen LogP contribution in [0.2, 0.25) is 0 Å². The number of hydrogen-bond donors (Lipinski definition) is 2. The highest BCUT2D eigenvalue weighted by Gasteiger charge is 2.28. The van der Waals surface area contributed by atoms with Gasteiger partial charge in [0.2, 0.25) is 7.98 Å². The monoisotopic (exact) mass is 393 g/mol. The minimum Gasteiger partial charge on any atom is -0.506 e. The number of carboxylic acid groups (broad SMARTS) is 1. The highest BCUT2D eigenvalue weighted by atomic mass is 16.4. The second kappa shape index (κ2) is 8.47. The van der Waals surface area contributed by atoms with Crippen LogP contribution in [0.5, 0.6) is 5.75 Å². The molecule has 0 aliphatic heterocycles. The van der Waals surface area contributed by atoms with Crippen LogP contribution >= 0.6 is 0 Å². The van der Waals surface area contributed by atoms with Gasteiger partial charge >= 0.3 is 5.97 Å². The van der Waals surface area contributed by atoms with Crippen molar-refractivity contribution in [2.24, 2.45) is 0 Å². The molecule has 0 bridgehead atoms. The predicted octanol–water partition coefficient (Wildman–Crippen LogP) is -11.1. The maximum absolute atomic E-state index is 12.8. The molecule has 0 aliphatic carbocycles. The number of carboxylic acids is 1. The van der Waals surface area contributed by atoms with Crippen molar-refractivity contribution in [1.82, 2.24) is 9.79 Å². The summed E-state index contributed by atoms with van der Waals surface area (Å²) in [5, 5.41) is 29.6. The van der Waals surface area contributed by atoms with E-state index in [1.807, 2.05) is 31.4 Å². The molecule has 0 fully saturated rings. The zero-order chi connectivity index (χ0) is 23.1. The van der Waals surface area contributed by atoms with E-state index in [2.05, 4.69) is 11.1 Å². The van der Waals surface area contributed by atoms with Crippen LogP contribution in [0.1, 0.15) is 16.1 Å². The molecule has 0 radical (unpaired) electrons. The number of pyridine rings is 1. The van der Waals surface area contributed by atoms with Gasteiger partial charge in [-0.25, -0.2) is 0 Å². The van der Waals surface area contributed by atoms with E-state index in [-0.39, 0.29) is 11.4 Å². The fourth-order valence-electron chi connectivity index (χ4n) is 3.76. The highest BCUT2D eigenvalue weighted by Crippen LogP contribution is 2.19. The molecule has 0 aliphatic rings. The number of benzene rings is 1. The lowest BCUT2D eigenvalue weighted by molar-refractivity contribution is -0.138. The number of carbonyl (C=O) groups is 2. The van der Waals surface area contributed by atoms with Crippen LogP contribution < -0.4 is 32.9 Å². The average molecular weight is 392 g/mol. The molecular weight excluding hydrogens is 373 g/mol. The number of carbonyl (C=O) groups excluding carboxylic acids is 1. The van der Waals surface area contributed by atoms with Gasteiger partial charge in [0.1, 0.15) is 52.8 Å². The average Bonchev–Trinajstić information content (AvgIpc) is 2.70. The van der Waals surface area contributed by atoms with Crippen LogP contribution in [0, 0.1) is 11.3 Å². The van der Waals surface area contributed by atoms with E-state index < -0.39 is 17.8 Å². The summed E-state index contributed by atoms with van der Waals surface area (Å²) in [4.78, 5) is 29.4. The SMILES string of the molecule is Bc1nc(C(=O)N(B)C(B)C(=O)O)c(O)c(B)c1-c1c(B)c(B)c(B)c(C#N)c1B. The topological polar surface area (TPSA) is 115 Å². The van der Waals surface area contributed by atoms with Crippen LogP contribution in [0.25, 0.3) is 11.1 Å². The molecule has 2 rings (SSSR count). The van der Waals surface area contributed by atoms with Crippen LogP contribution in [-0.4, -0.2) is 101 Å². The maximum Gasteiger partial charge on any atom is 0.316 e. The molecule has 0 saturated carbocycles. The van der Waals surface area contributed by atoms with Crippen molar-refractivity contribution in [2.75, 3.05) is 0 Å². The Hall–Kier alpha value is -2.88. The van der Waals surface area contributed by atoms with E-state index in [0.717, 1.165) is 32.2 Å². The summed E-state index contributed by atoms with van der Waals surface area (Å²) in [6.45, 7) is 0. The Bertz CT molecular complexity index is 1130. The number of aromatic nitrogens is 1. The molecule has 1 aromatic heterocycles. The first kappa shape index (κ1) is 23.4. The summed E-state index contributed by atoms with van der Waals surface area (Å²) in [5.74, 6) is -3.19. The van der Waals surface area contributed by atoms with Gasteiger partial charge in [-0.15, -0.1) is 0 Å². The minimum absolute atomic E-state index is 0.191. The number of nitriles is 1. The molecule has 1 atom stereocenters. The maximum atomic E-state index is 12.8. The van der Waals surface area contributed by atoms with Crippen LogP contribution in [0.3, 0.4) is 0 Å². The van der Waals surface area contributed by atoms with E-state index in [4.69, 9.17) is 0 Å². The standard InChI is InChI=1S/C15H19B8N3O4/c16-5-2(1-24)6(17)9(20)7(18)3(5)4-8(19)11(27)10(25-12(4)21)14(28)26(23)13(22)15(29)30/h13,27H,16-23H2,(H,29,30). The summed E-state index contributed by atoms with van der Waals surface area (Å²) >= 11 is 0. The fraction of sp³-hybridized carbons (Fsp3) is 0.0667. The third kappa shape index (κ3) is 3.67. The Morgan fingerprint density at radius 2 is 1.53 bits per heavy atom. The molecule has 15 heteroatoms. The number of amides is 1. The molecule has 142 valence electrons. The van der Waals surface area contributed by atoms with E-state index in [0.29, 0.717) is 22.2 Å². The fourth-order valence-corrected chi connectivity index (χ4v) is 3.76. The molecule has 0 spiro atoms. The van der Waals surface area contributed by atoms with Crippen LogP contribution in [0.4, 0.5) is 0 Å². The zero-order valence-corrected chi connectivity index (χ0v) is 18.6. The summed E-state index contributed by atoms with van der Waals surface area (Å²) in [6, 6.07) is 2.26. The largest absolute Gasteiger partial charge is 0.506 e. The Kier molecular flexibility index (Phi) is 6.60. The van der Waals surface area contributed by atoms with E-state index in [1.165, 1.54) is 15.8 Å². The zero-order valence-electron chi connectivity index (χ0n) is 18.6. The lowest BCUT2D eigenvalue weighted by atomic mass is 9.61. The molecule has 2 aromatic rings. The first-order chi connectivity index (χ1) is 13.9. The summed E-state index contributed by atoms with van der Waals surface area (Å²) in [6.07, 6.45) is 0. The number of aliphatic carboxylic acids is 1. The molecule has 30 heavy (non-hydrogen) atoms. The normalized spacial score (nSPS) is 11.4. The Morgan fingerprint density at radius 3 is 2.03 bits per heavy atom. The van der Waals surface area contributed by atoms with Crippen molar-refractivity contribution in [3.05, 3.63) is 11.3 Å². The molecular formula is C15H19B8N3O4. The molecule has 1 aromatic carbocycles. The van der Waals surface area contributed by atoms with Gasteiger partial charge in [0, 0.05) is 11.2 Å². The lowest BCUT2D eigenvalue weighted by Gasteiger charge is -2.25. The van der Waals surface area contributed by atoms with Gasteiger partial charge in [0.05, 0.1) is 12.0 Å². The van der Waals surface area contributed by atoms with E-state index >= 15 is 0 Å². The Balaban J connectivity index is 2.79. The third-order valence-corrected chi connectivity index (χ3v) is 6.04. The Morgan fingerprint density at radius 1 is 0.967 bits per heavy atom. The van der Waals surface area contributed by atoms with Crippen molar-refractivity contribution in [3.63, 3.8) is 0 Å². The number of nitrogens with zero attached hydrogens (tertiary/aromatic N) is 3. The van der Waals surface area contributed by atoms with Gasteiger partial charge < -0.3 is 15.0 Å². The molecule has 1 amide bonds. The first-order valence-electron chi connectivity index (χ1n) is 9.57. The number of hydrogen-bond acceptors (Lipinski definition) is 5. The highest BCUT2D eigenvalue weighted by molar-refractivity contribution is 6.63. The molecule has 0 saturated heterocycles. The van der Waals surface area contributed by atoms with Crippen molar-refractivity contribution in [2.45, 2.75) is 5.94 Å². The van der Waals surface area contributed by atoms with Gasteiger partial charge in [0.25, 0.3) is 5.91 Å². The van der Waals surface area contributed by atoms with Crippen molar-refractivity contribution >= 4 is 108 Å². The van der Waals surface area contributed by atoms with Gasteiger partial charge in [0.15, 0.2) is 13.5 Å². The quantitative estimate of drug-likeness (QED) is 0.500. The summed E-state index contributed by atoms with van der Waals surface area (Å²) in [5.41, 5.74) is 6.54. The van der Waals surface area contributed by atoms with Gasteiger partial charge in [-0.2, -0.15) is 5.26 Å². The molecule has 2 N–H and O–H groups in total. The Labute approximate surface area is 182 Å². The summed E-state index contributed by atoms with van der Waals surface area (Å²) < 4.78 is 0. The summed E-state index contributed by atoms with van der Waals surface area (Å²) in [7, 11) is 13.9. The van der Waals surface area contributed by atoms with Gasteiger partial charge in [-0.3, -0.25) is 14.6 Å². The number of rotatable bonds is 4. The van der Waals surface area contributed by atoms with Gasteiger partial charge in [-0.1, -0.05) is 21.9 Å². The van der Waals surface area contributed by atoms with Crippen molar-refractivity contribution in [1.29, 1.82) is 5.26 Å². The molecule has 1 unspecified atom stereocenters. The smallest absolute Gasteiger partial charge is 0.316 e. The van der Waals surface area contributed by atoms with Gasteiger partial charge in [-0.05, 0) is 16.6 Å². The number of aromatic hydroxyl groups is 1. The molecule has 1 heterocycles. The second-order valence-electron chi connectivity index (χ2n) is 7.69. The minimum atomic E-state index is -1.15. The van der Waals surface area contributed by atoms with Crippen LogP contribution in [0.15, 0.2) is 0 Å². The first-order valence-corrected chi connectivity index (χ1v) is 9.57. The van der Waals surface area contributed by atoms with Crippen molar-refractivity contribution in [3.8, 4) is 22.9 Å². The second-order valence-corrected chi connectivity index (χ2v) is 7.69. The molecule has 7 nitrogen and oxygen atoms in total. The predicted molar refractivity (Wildman–Crippen MR) is 140 cm³/mol. The van der Waals surface area contributed by atoms with Crippen molar-refractivity contribution < 1.29 is 19.8 Å². The van der Waals surface area contributed by atoms with E-state index in [9.17, 15) is 25.1 Å².